The first-order valence-electron chi connectivity index (χ1n) is 3.37. The summed E-state index contributed by atoms with van der Waals surface area (Å²) in [6.07, 6.45) is 2.97. The molecule has 5 heteroatoms. The summed E-state index contributed by atoms with van der Waals surface area (Å²) in [5.74, 6) is 0.685. The van der Waals surface area contributed by atoms with Gasteiger partial charge in [0.25, 0.3) is 5.88 Å². The molecular weight excluding hydrogens is 180 g/mol. The Hall–Kier alpha value is -0.290. The quantitative estimate of drug-likeness (QED) is 0.681. The topological polar surface area (TPSA) is 35.0 Å². The number of hydrogen-bond donors (Lipinski definition) is 0. The molecule has 0 fully saturated rings. The molecule has 1 aromatic heterocycles. The number of thioether (sulfide) groups is 1. The highest BCUT2D eigenvalue weighted by molar-refractivity contribution is 7.98. The van der Waals surface area contributed by atoms with Gasteiger partial charge in [-0.15, -0.1) is 16.1 Å². The van der Waals surface area contributed by atoms with Crippen LogP contribution in [0.15, 0.2) is 5.03 Å². The zero-order valence-electron chi connectivity index (χ0n) is 6.53. The molecule has 1 heterocycles. The second-order valence-corrected chi connectivity index (χ2v) is 3.25. The SMILES string of the molecule is CCCOc1nsnc1SC. The van der Waals surface area contributed by atoms with Crippen molar-refractivity contribution in [2.24, 2.45) is 0 Å². The van der Waals surface area contributed by atoms with E-state index in [2.05, 4.69) is 15.7 Å². The van der Waals surface area contributed by atoms with Crippen molar-refractivity contribution in [1.82, 2.24) is 8.75 Å². The molecule has 0 N–H and O–H groups in total. The van der Waals surface area contributed by atoms with E-state index in [4.69, 9.17) is 4.74 Å². The van der Waals surface area contributed by atoms with Crippen molar-refractivity contribution in [1.29, 1.82) is 0 Å². The highest BCUT2D eigenvalue weighted by atomic mass is 32.2. The van der Waals surface area contributed by atoms with Gasteiger partial charge in [0.05, 0.1) is 18.3 Å². The molecule has 0 amide bonds. The van der Waals surface area contributed by atoms with Crippen LogP contribution in [-0.4, -0.2) is 21.6 Å². The van der Waals surface area contributed by atoms with Gasteiger partial charge in [0.2, 0.25) is 0 Å². The molecule has 0 radical (unpaired) electrons. The zero-order chi connectivity index (χ0) is 8.10. The summed E-state index contributed by atoms with van der Waals surface area (Å²) < 4.78 is 13.4. The van der Waals surface area contributed by atoms with E-state index in [0.717, 1.165) is 18.1 Å². The van der Waals surface area contributed by atoms with Gasteiger partial charge in [-0.1, -0.05) is 6.92 Å². The lowest BCUT2D eigenvalue weighted by molar-refractivity contribution is 0.300. The van der Waals surface area contributed by atoms with Crippen LogP contribution < -0.4 is 4.74 Å². The molecule has 62 valence electrons. The van der Waals surface area contributed by atoms with Crippen LogP contribution >= 0.6 is 23.5 Å². The molecule has 11 heavy (non-hydrogen) atoms. The first kappa shape index (κ1) is 8.80. The minimum atomic E-state index is 0.685. The van der Waals surface area contributed by atoms with Crippen LogP contribution in [0.2, 0.25) is 0 Å². The lowest BCUT2D eigenvalue weighted by atomic mass is 10.5. The average Bonchev–Trinajstić information content (AvgIpc) is 2.47. The molecule has 0 unspecified atom stereocenters. The standard InChI is InChI=1S/C6H10N2OS2/c1-3-4-9-5-6(10-2)8-11-7-5/h3-4H2,1-2H3. The van der Waals surface area contributed by atoms with Gasteiger partial charge >= 0.3 is 0 Å². The third-order valence-corrected chi connectivity index (χ3v) is 2.35. The normalized spacial score (nSPS) is 10.0. The van der Waals surface area contributed by atoms with Gasteiger partial charge < -0.3 is 4.74 Å². The van der Waals surface area contributed by atoms with Crippen LogP contribution in [0.5, 0.6) is 5.88 Å². The molecule has 0 aliphatic heterocycles. The maximum Gasteiger partial charge on any atom is 0.260 e. The second kappa shape index (κ2) is 4.56. The monoisotopic (exact) mass is 190 g/mol. The van der Waals surface area contributed by atoms with Gasteiger partial charge in [0.1, 0.15) is 0 Å². The Morgan fingerprint density at radius 1 is 1.55 bits per heavy atom. The van der Waals surface area contributed by atoms with E-state index in [-0.39, 0.29) is 0 Å². The van der Waals surface area contributed by atoms with Crippen molar-refractivity contribution in [3.8, 4) is 5.88 Å². The molecule has 0 saturated carbocycles. The molecule has 0 saturated heterocycles. The van der Waals surface area contributed by atoms with Gasteiger partial charge in [-0.2, -0.15) is 4.37 Å². The van der Waals surface area contributed by atoms with Crippen molar-refractivity contribution < 1.29 is 4.74 Å². The highest BCUT2D eigenvalue weighted by Crippen LogP contribution is 2.24. The van der Waals surface area contributed by atoms with Crippen LogP contribution in [-0.2, 0) is 0 Å². The summed E-state index contributed by atoms with van der Waals surface area (Å²) in [4.78, 5) is 0. The van der Waals surface area contributed by atoms with E-state index in [1.54, 1.807) is 11.8 Å². The minimum absolute atomic E-state index is 0.685. The molecule has 0 bridgehead atoms. The third-order valence-electron chi connectivity index (χ3n) is 1.07. The largest absolute Gasteiger partial charge is 0.475 e. The molecule has 0 aromatic carbocycles. The van der Waals surface area contributed by atoms with Crippen molar-refractivity contribution in [2.75, 3.05) is 12.9 Å². The molecule has 0 aliphatic carbocycles. The fraction of sp³-hybridized carbons (Fsp3) is 0.667. The van der Waals surface area contributed by atoms with Crippen molar-refractivity contribution >= 4 is 23.5 Å². The first-order chi connectivity index (χ1) is 5.38. The van der Waals surface area contributed by atoms with Crippen LogP contribution in [0.4, 0.5) is 0 Å². The molecule has 0 spiro atoms. The maximum atomic E-state index is 5.33. The highest BCUT2D eigenvalue weighted by Gasteiger charge is 2.06. The summed E-state index contributed by atoms with van der Waals surface area (Å²) in [5.41, 5.74) is 0. The number of nitrogens with zero attached hydrogens (tertiary/aromatic N) is 2. The molecule has 0 aliphatic rings. The van der Waals surface area contributed by atoms with Gasteiger partial charge in [0.15, 0.2) is 5.03 Å². The van der Waals surface area contributed by atoms with Gasteiger partial charge in [-0.05, 0) is 12.7 Å². The van der Waals surface area contributed by atoms with Crippen molar-refractivity contribution in [3.63, 3.8) is 0 Å². The number of aromatic nitrogens is 2. The predicted octanol–water partition coefficient (Wildman–Crippen LogP) is 2.05. The first-order valence-corrected chi connectivity index (χ1v) is 5.33. The number of rotatable bonds is 4. The summed E-state index contributed by atoms with van der Waals surface area (Å²) in [6.45, 7) is 2.79. The van der Waals surface area contributed by atoms with Gasteiger partial charge in [0, 0.05) is 0 Å². The fourth-order valence-corrected chi connectivity index (χ4v) is 1.73. The summed E-state index contributed by atoms with van der Waals surface area (Å²) >= 11 is 2.76. The van der Waals surface area contributed by atoms with Crippen LogP contribution in [0.1, 0.15) is 13.3 Å². The lowest BCUT2D eigenvalue weighted by Crippen LogP contribution is -1.95. The van der Waals surface area contributed by atoms with Gasteiger partial charge in [-0.3, -0.25) is 0 Å². The molecule has 0 atom stereocenters. The lowest BCUT2D eigenvalue weighted by Gasteiger charge is -1.99. The molecular formula is C6H10N2OS2. The minimum Gasteiger partial charge on any atom is -0.475 e. The maximum absolute atomic E-state index is 5.33. The Kier molecular flexibility index (Phi) is 3.65. The Morgan fingerprint density at radius 3 is 3.00 bits per heavy atom. The van der Waals surface area contributed by atoms with E-state index in [1.165, 1.54) is 11.7 Å². The predicted molar refractivity (Wildman–Crippen MR) is 47.5 cm³/mol. The van der Waals surface area contributed by atoms with E-state index in [0.29, 0.717) is 5.88 Å². The van der Waals surface area contributed by atoms with E-state index >= 15 is 0 Å². The van der Waals surface area contributed by atoms with Crippen molar-refractivity contribution in [2.45, 2.75) is 18.4 Å². The van der Waals surface area contributed by atoms with Crippen molar-refractivity contribution in [3.05, 3.63) is 0 Å². The zero-order valence-corrected chi connectivity index (χ0v) is 8.17. The van der Waals surface area contributed by atoms with E-state index < -0.39 is 0 Å². The van der Waals surface area contributed by atoms with E-state index in [1.807, 2.05) is 6.26 Å². The van der Waals surface area contributed by atoms with Crippen LogP contribution in [0.25, 0.3) is 0 Å². The Morgan fingerprint density at radius 2 is 2.36 bits per heavy atom. The Balaban J connectivity index is 2.54. The summed E-state index contributed by atoms with van der Waals surface area (Å²) in [6, 6.07) is 0. The smallest absolute Gasteiger partial charge is 0.260 e. The number of ether oxygens (including phenoxy) is 1. The number of hydrogen-bond acceptors (Lipinski definition) is 5. The van der Waals surface area contributed by atoms with Gasteiger partial charge in [-0.25, -0.2) is 0 Å². The summed E-state index contributed by atoms with van der Waals surface area (Å²) in [7, 11) is 0. The van der Waals surface area contributed by atoms with Crippen LogP contribution in [0, 0.1) is 0 Å². The fourth-order valence-electron chi connectivity index (χ4n) is 0.584. The summed E-state index contributed by atoms with van der Waals surface area (Å²) in [5, 5.41) is 0.892. The molecule has 1 aromatic rings. The van der Waals surface area contributed by atoms with Crippen LogP contribution in [0.3, 0.4) is 0 Å². The Labute approximate surface area is 74.5 Å². The Bertz CT molecular complexity index is 214. The average molecular weight is 190 g/mol. The molecule has 1 rings (SSSR count). The second-order valence-electron chi connectivity index (χ2n) is 1.93. The third kappa shape index (κ3) is 2.34. The molecule has 3 nitrogen and oxygen atoms in total. The van der Waals surface area contributed by atoms with E-state index in [9.17, 15) is 0 Å².